The van der Waals surface area contributed by atoms with Crippen LogP contribution in [0.1, 0.15) is 59.3 Å². The van der Waals surface area contributed by atoms with Crippen molar-refractivity contribution in [3.8, 4) is 12.3 Å². The van der Waals surface area contributed by atoms with Crippen LogP contribution in [0.25, 0.3) is 0 Å². The molecule has 0 aliphatic carbocycles. The number of hydrogen-bond donors (Lipinski definition) is 0. The van der Waals surface area contributed by atoms with E-state index in [0.717, 1.165) is 37.7 Å². The van der Waals surface area contributed by atoms with Crippen molar-refractivity contribution < 1.29 is 13.6 Å². The predicted octanol–water partition coefficient (Wildman–Crippen LogP) is 5.84. The molecular weight excluding hydrogens is 295 g/mol. The zero-order valence-corrected chi connectivity index (χ0v) is 15.1. The van der Waals surface area contributed by atoms with Gasteiger partial charge < -0.3 is 9.05 Å². The first-order chi connectivity index (χ1) is 10.6. The first-order valence-corrected chi connectivity index (χ1v) is 9.52. The van der Waals surface area contributed by atoms with Gasteiger partial charge in [-0.3, -0.25) is 4.57 Å². The minimum absolute atomic E-state index is 0.300. The predicted molar refractivity (Wildman–Crippen MR) is 93.8 cm³/mol. The SMILES string of the molecule is C#CC/C(=C(\CCC=C=C)CCCC)P(=O)(OCC)OCC. The molecule has 0 fully saturated rings. The van der Waals surface area contributed by atoms with Gasteiger partial charge in [-0.25, -0.2) is 0 Å². The minimum atomic E-state index is -3.30. The number of unbranched alkanes of at least 4 members (excludes halogenated alkanes) is 1. The molecule has 0 aromatic rings. The fourth-order valence-corrected chi connectivity index (χ4v) is 4.16. The Labute approximate surface area is 136 Å². The summed E-state index contributed by atoms with van der Waals surface area (Å²) in [6.45, 7) is 9.99. The summed E-state index contributed by atoms with van der Waals surface area (Å²) in [6.07, 6.45) is 12.2. The fraction of sp³-hybridized carbons (Fsp3) is 0.611. The van der Waals surface area contributed by atoms with Gasteiger partial charge in [0, 0.05) is 6.42 Å². The summed E-state index contributed by atoms with van der Waals surface area (Å²) >= 11 is 0. The monoisotopic (exact) mass is 324 g/mol. The Morgan fingerprint density at radius 3 is 2.32 bits per heavy atom. The first kappa shape index (κ1) is 21.0. The van der Waals surface area contributed by atoms with Crippen LogP contribution in [-0.4, -0.2) is 13.2 Å². The van der Waals surface area contributed by atoms with E-state index in [1.54, 1.807) is 0 Å². The van der Waals surface area contributed by atoms with Crippen molar-refractivity contribution in [1.29, 1.82) is 0 Å². The Bertz CT molecular complexity index is 469. The summed E-state index contributed by atoms with van der Waals surface area (Å²) in [5.41, 5.74) is 3.86. The van der Waals surface area contributed by atoms with Gasteiger partial charge in [0.15, 0.2) is 0 Å². The van der Waals surface area contributed by atoms with Gasteiger partial charge in [-0.1, -0.05) is 25.5 Å². The Kier molecular flexibility index (Phi) is 11.9. The highest BCUT2D eigenvalue weighted by Crippen LogP contribution is 2.59. The third-order valence-corrected chi connectivity index (χ3v) is 5.50. The quantitative estimate of drug-likeness (QED) is 0.257. The van der Waals surface area contributed by atoms with E-state index >= 15 is 0 Å². The fourth-order valence-electron chi connectivity index (χ4n) is 2.20. The maximum atomic E-state index is 13.1. The molecule has 0 aliphatic rings. The molecule has 0 heterocycles. The molecule has 0 saturated carbocycles. The van der Waals surface area contributed by atoms with Crippen molar-refractivity contribution in [2.75, 3.05) is 13.2 Å². The molecular formula is C18H29O3P. The van der Waals surface area contributed by atoms with Gasteiger partial charge in [0.2, 0.25) is 0 Å². The van der Waals surface area contributed by atoms with Gasteiger partial charge in [0.25, 0.3) is 0 Å². The Morgan fingerprint density at radius 1 is 1.23 bits per heavy atom. The van der Waals surface area contributed by atoms with Crippen LogP contribution in [0.3, 0.4) is 0 Å². The Balaban J connectivity index is 5.71. The van der Waals surface area contributed by atoms with Crippen molar-refractivity contribution in [1.82, 2.24) is 0 Å². The molecule has 0 rings (SSSR count). The normalized spacial score (nSPS) is 12.3. The van der Waals surface area contributed by atoms with Gasteiger partial charge in [0.1, 0.15) is 0 Å². The third kappa shape index (κ3) is 7.30. The maximum Gasteiger partial charge on any atom is 0.358 e. The first-order valence-electron chi connectivity index (χ1n) is 7.97. The second-order valence-electron chi connectivity index (χ2n) is 4.81. The van der Waals surface area contributed by atoms with E-state index in [-0.39, 0.29) is 0 Å². The van der Waals surface area contributed by atoms with Gasteiger partial charge in [-0.2, -0.15) is 0 Å². The minimum Gasteiger partial charge on any atom is -0.306 e. The van der Waals surface area contributed by atoms with Crippen molar-refractivity contribution in [3.63, 3.8) is 0 Å². The zero-order valence-electron chi connectivity index (χ0n) is 14.2. The van der Waals surface area contributed by atoms with Crippen LogP contribution in [0.15, 0.2) is 29.3 Å². The molecule has 3 nitrogen and oxygen atoms in total. The van der Waals surface area contributed by atoms with E-state index < -0.39 is 7.60 Å². The van der Waals surface area contributed by atoms with Crippen LogP contribution in [0.4, 0.5) is 0 Å². The summed E-state index contributed by atoms with van der Waals surface area (Å²) in [4.78, 5) is 0. The van der Waals surface area contributed by atoms with Gasteiger partial charge in [0.05, 0.1) is 18.5 Å². The molecule has 22 heavy (non-hydrogen) atoms. The van der Waals surface area contributed by atoms with E-state index in [9.17, 15) is 4.57 Å². The highest BCUT2D eigenvalue weighted by Gasteiger charge is 2.31. The lowest BCUT2D eigenvalue weighted by molar-refractivity contribution is 0.225. The summed E-state index contributed by atoms with van der Waals surface area (Å²) in [7, 11) is -3.30. The molecule has 0 unspecified atom stereocenters. The highest BCUT2D eigenvalue weighted by atomic mass is 31.2. The molecule has 0 aromatic heterocycles. The summed E-state index contributed by atoms with van der Waals surface area (Å²) < 4.78 is 24.1. The molecule has 124 valence electrons. The lowest BCUT2D eigenvalue weighted by Crippen LogP contribution is -2.02. The third-order valence-electron chi connectivity index (χ3n) is 3.17. The largest absolute Gasteiger partial charge is 0.358 e. The van der Waals surface area contributed by atoms with E-state index in [1.165, 1.54) is 0 Å². The Hall–Kier alpha value is -1.03. The summed E-state index contributed by atoms with van der Waals surface area (Å²) in [5.74, 6) is 2.61. The number of rotatable bonds is 12. The second kappa shape index (κ2) is 12.5. The molecule has 0 saturated heterocycles. The van der Waals surface area contributed by atoms with Gasteiger partial charge in [-0.05, 0) is 45.6 Å². The molecule has 0 spiro atoms. The van der Waals surface area contributed by atoms with Gasteiger partial charge >= 0.3 is 7.60 Å². The van der Waals surface area contributed by atoms with E-state index in [1.807, 2.05) is 19.9 Å². The molecule has 0 amide bonds. The van der Waals surface area contributed by atoms with Crippen molar-refractivity contribution in [3.05, 3.63) is 29.3 Å². The smallest absolute Gasteiger partial charge is 0.306 e. The lowest BCUT2D eigenvalue weighted by atomic mass is 10.0. The number of allylic oxidation sites excluding steroid dienone is 3. The summed E-state index contributed by atoms with van der Waals surface area (Å²) in [5, 5.41) is 0.671. The lowest BCUT2D eigenvalue weighted by Gasteiger charge is -2.22. The van der Waals surface area contributed by atoms with Crippen LogP contribution in [0, 0.1) is 12.3 Å². The molecule has 0 radical (unpaired) electrons. The van der Waals surface area contributed by atoms with E-state index in [2.05, 4.69) is 25.2 Å². The maximum absolute atomic E-state index is 13.1. The second-order valence-corrected chi connectivity index (χ2v) is 6.87. The van der Waals surface area contributed by atoms with Crippen LogP contribution < -0.4 is 0 Å². The topological polar surface area (TPSA) is 35.5 Å². The van der Waals surface area contributed by atoms with E-state index in [4.69, 9.17) is 15.5 Å². The van der Waals surface area contributed by atoms with Crippen molar-refractivity contribution in [2.45, 2.75) is 59.3 Å². The van der Waals surface area contributed by atoms with Gasteiger partial charge in [-0.15, -0.1) is 18.1 Å². The average Bonchev–Trinajstić information content (AvgIpc) is 2.49. The molecule has 4 heteroatoms. The number of terminal acetylenes is 1. The van der Waals surface area contributed by atoms with Crippen LogP contribution in [0.2, 0.25) is 0 Å². The zero-order chi connectivity index (χ0) is 16.8. The van der Waals surface area contributed by atoms with Crippen LogP contribution >= 0.6 is 7.60 Å². The molecule has 0 aromatic carbocycles. The van der Waals surface area contributed by atoms with Crippen molar-refractivity contribution >= 4 is 7.60 Å². The standard InChI is InChI=1S/C18H29O3P/c1-6-11-13-16-17(15-12-7-2)18(14-8-3)22(19,20-9-4)21-10-5/h3,11H,1,7,9-10,12-16H2,2,4-5H3/b18-17+. The molecule has 0 aliphatic heterocycles. The summed E-state index contributed by atoms with van der Waals surface area (Å²) in [6, 6.07) is 0. The number of hydrogen-bond acceptors (Lipinski definition) is 3. The molecule has 0 atom stereocenters. The Morgan fingerprint density at radius 2 is 1.86 bits per heavy atom. The van der Waals surface area contributed by atoms with Crippen molar-refractivity contribution in [2.24, 2.45) is 0 Å². The van der Waals surface area contributed by atoms with Crippen LogP contribution in [-0.2, 0) is 13.6 Å². The highest BCUT2D eigenvalue weighted by molar-refractivity contribution is 7.58. The average molecular weight is 324 g/mol. The van der Waals surface area contributed by atoms with Crippen LogP contribution in [0.5, 0.6) is 0 Å². The molecule has 0 N–H and O–H groups in total. The molecule has 0 bridgehead atoms. The van der Waals surface area contributed by atoms with E-state index in [0.29, 0.717) is 24.9 Å².